The van der Waals surface area contributed by atoms with Crippen LogP contribution in [0.2, 0.25) is 0 Å². The van der Waals surface area contributed by atoms with Crippen LogP contribution in [0.4, 0.5) is 0 Å². The van der Waals surface area contributed by atoms with Crippen LogP contribution in [0.15, 0.2) is 97.6 Å². The first kappa shape index (κ1) is 25.4. The highest BCUT2D eigenvalue weighted by molar-refractivity contribution is 6.22. The normalized spacial score (nSPS) is 14.2. The molecule has 1 aliphatic rings. The fourth-order valence-corrected chi connectivity index (χ4v) is 7.10. The van der Waals surface area contributed by atoms with Crippen molar-refractivity contribution in [3.8, 4) is 0 Å². The lowest BCUT2D eigenvalue weighted by Crippen LogP contribution is -1.96. The summed E-state index contributed by atoms with van der Waals surface area (Å²) in [7, 11) is 0. The summed E-state index contributed by atoms with van der Waals surface area (Å²) in [6.07, 6.45) is 15.8. The SMILES string of the molecule is C1=C\c2cc3nc4c5cccnc5c5ncccc5c4nc3cc2/C=C\c2cc3nc4c5cccnc5c5ncccc5c4nc3cc2/1. The van der Waals surface area contributed by atoms with Crippen molar-refractivity contribution >= 4 is 112 Å². The molecule has 0 radical (unpaired) electrons. The van der Waals surface area contributed by atoms with Crippen LogP contribution >= 0.6 is 0 Å². The average Bonchev–Trinajstić information content (AvgIpc) is 3.14. The number of aromatic nitrogens is 8. The van der Waals surface area contributed by atoms with Crippen LogP contribution in [0.5, 0.6) is 0 Å². The van der Waals surface area contributed by atoms with Crippen LogP contribution < -0.4 is 0 Å². The molecular weight excluding hydrogens is 592 g/mol. The van der Waals surface area contributed by atoms with Crippen molar-refractivity contribution in [2.24, 2.45) is 0 Å². The second kappa shape index (κ2) is 9.37. The van der Waals surface area contributed by atoms with Crippen LogP contribution in [0.25, 0.3) is 112 Å². The first-order valence-corrected chi connectivity index (χ1v) is 15.7. The standard InChI is InChI=1S/C40H20N8/c1-5-25-33(41-13-1)34-26(6-2-14-42-34)38-37(25)45-29-17-21-9-10-23-19-31-32(20-24(23)12-11-22(21)18-30(29)46-38)48-40-28-8-4-16-44-36(28)35-27(39(40)47-31)7-3-15-43-35/h1-20H/b10-9-,12-11-,21-9?,22-11?,23-10?,24-12?. The minimum Gasteiger partial charge on any atom is -0.254 e. The second-order valence-electron chi connectivity index (χ2n) is 12.0. The average molecular weight is 613 g/mol. The summed E-state index contributed by atoms with van der Waals surface area (Å²) >= 11 is 0. The summed E-state index contributed by atoms with van der Waals surface area (Å²) < 4.78 is 0. The Hall–Kier alpha value is -6.80. The Morgan fingerprint density at radius 2 is 0.542 bits per heavy atom. The lowest BCUT2D eigenvalue weighted by molar-refractivity contribution is 1.36. The van der Waals surface area contributed by atoms with Crippen LogP contribution in [0.1, 0.15) is 22.3 Å². The number of rotatable bonds is 0. The molecule has 0 amide bonds. The predicted molar refractivity (Wildman–Crippen MR) is 193 cm³/mol. The van der Waals surface area contributed by atoms with Crippen molar-refractivity contribution in [3.63, 3.8) is 0 Å². The molecular formula is C40H20N8. The third-order valence-electron chi connectivity index (χ3n) is 9.32. The summed E-state index contributed by atoms with van der Waals surface area (Å²) in [6, 6.07) is 24.4. The van der Waals surface area contributed by atoms with E-state index >= 15 is 0 Å². The third-order valence-corrected chi connectivity index (χ3v) is 9.32. The Bertz CT molecular complexity index is 2710. The molecule has 0 saturated heterocycles. The smallest absolute Gasteiger partial charge is 0.0996 e. The molecule has 0 spiro atoms. The molecule has 220 valence electrons. The Morgan fingerprint density at radius 3 is 0.792 bits per heavy atom. The van der Waals surface area contributed by atoms with E-state index in [9.17, 15) is 0 Å². The molecule has 0 fully saturated rings. The molecule has 0 bridgehead atoms. The number of fused-ring (bicyclic) bond motifs is 16. The van der Waals surface area contributed by atoms with Gasteiger partial charge in [-0.05, 0) is 95.1 Å². The maximum absolute atomic E-state index is 5.16. The first-order chi connectivity index (χ1) is 23.8. The van der Waals surface area contributed by atoms with Crippen LogP contribution in [-0.4, -0.2) is 39.9 Å². The number of nitrogens with zero attached hydrogens (tertiary/aromatic N) is 8. The molecule has 0 atom stereocenters. The molecule has 0 aliphatic heterocycles. The molecule has 1 aliphatic carbocycles. The molecule has 8 nitrogen and oxygen atoms in total. The van der Waals surface area contributed by atoms with E-state index in [1.54, 1.807) is 24.8 Å². The molecule has 6 aromatic heterocycles. The topological polar surface area (TPSA) is 103 Å². The highest BCUT2D eigenvalue weighted by atomic mass is 14.8. The van der Waals surface area contributed by atoms with E-state index in [4.69, 9.17) is 19.9 Å². The lowest BCUT2D eigenvalue weighted by atomic mass is 9.97. The van der Waals surface area contributed by atoms with Crippen molar-refractivity contribution in [2.45, 2.75) is 0 Å². The van der Waals surface area contributed by atoms with Gasteiger partial charge in [0, 0.05) is 46.3 Å². The van der Waals surface area contributed by atoms with Crippen molar-refractivity contribution in [3.05, 3.63) is 120 Å². The van der Waals surface area contributed by atoms with Gasteiger partial charge in [0.1, 0.15) is 0 Å². The van der Waals surface area contributed by atoms with Crippen molar-refractivity contribution in [1.82, 2.24) is 39.9 Å². The van der Waals surface area contributed by atoms with Crippen LogP contribution in [0.3, 0.4) is 0 Å². The van der Waals surface area contributed by atoms with Crippen molar-refractivity contribution in [2.75, 3.05) is 0 Å². The Morgan fingerprint density at radius 1 is 0.292 bits per heavy atom. The molecule has 6 heterocycles. The van der Waals surface area contributed by atoms with Gasteiger partial charge in [-0.15, -0.1) is 0 Å². The fraction of sp³-hybridized carbons (Fsp3) is 0. The monoisotopic (exact) mass is 612 g/mol. The number of benzene rings is 4. The molecule has 0 saturated carbocycles. The first-order valence-electron chi connectivity index (χ1n) is 15.7. The van der Waals surface area contributed by atoms with Gasteiger partial charge in [0.2, 0.25) is 0 Å². The van der Waals surface area contributed by atoms with Crippen molar-refractivity contribution < 1.29 is 0 Å². The molecule has 10 aromatic rings. The molecule has 0 unspecified atom stereocenters. The number of hydrogen-bond donors (Lipinski definition) is 0. The van der Waals surface area contributed by atoms with E-state index in [1.807, 2.05) is 48.5 Å². The Labute approximate surface area is 271 Å². The van der Waals surface area contributed by atoms with Gasteiger partial charge in [-0.25, -0.2) is 19.9 Å². The summed E-state index contributed by atoms with van der Waals surface area (Å²) in [5, 5.41) is 3.77. The highest BCUT2D eigenvalue weighted by Crippen LogP contribution is 2.35. The maximum atomic E-state index is 5.16. The minimum atomic E-state index is 0.824. The zero-order chi connectivity index (χ0) is 31.3. The van der Waals surface area contributed by atoms with Gasteiger partial charge >= 0.3 is 0 Å². The van der Waals surface area contributed by atoms with Gasteiger partial charge in [0.25, 0.3) is 0 Å². The lowest BCUT2D eigenvalue weighted by Gasteiger charge is -2.13. The van der Waals surface area contributed by atoms with E-state index in [1.165, 1.54) is 0 Å². The minimum absolute atomic E-state index is 0.824. The van der Waals surface area contributed by atoms with Gasteiger partial charge in [-0.3, -0.25) is 19.9 Å². The van der Waals surface area contributed by atoms with Gasteiger partial charge in [-0.2, -0.15) is 0 Å². The second-order valence-corrected chi connectivity index (χ2v) is 12.0. The van der Waals surface area contributed by atoms with E-state index in [0.29, 0.717) is 0 Å². The van der Waals surface area contributed by atoms with Gasteiger partial charge in [-0.1, -0.05) is 24.3 Å². The molecule has 11 rings (SSSR count). The number of pyridine rings is 4. The largest absolute Gasteiger partial charge is 0.254 e. The Kier molecular flexibility index (Phi) is 4.96. The Balaban J connectivity index is 1.12. The summed E-state index contributed by atoms with van der Waals surface area (Å²) in [5.41, 5.74) is 14.2. The van der Waals surface area contributed by atoms with Gasteiger partial charge < -0.3 is 0 Å². The zero-order valence-corrected chi connectivity index (χ0v) is 25.1. The van der Waals surface area contributed by atoms with E-state index in [-0.39, 0.29) is 0 Å². The zero-order valence-electron chi connectivity index (χ0n) is 25.1. The van der Waals surface area contributed by atoms with E-state index in [0.717, 1.165) is 110 Å². The van der Waals surface area contributed by atoms with Crippen molar-refractivity contribution in [1.29, 1.82) is 0 Å². The summed E-state index contributed by atoms with van der Waals surface area (Å²) in [5.74, 6) is 0. The maximum Gasteiger partial charge on any atom is 0.0996 e. The van der Waals surface area contributed by atoms with Crippen LogP contribution in [0, 0.1) is 0 Å². The van der Waals surface area contributed by atoms with E-state index in [2.05, 4.69) is 68.5 Å². The quantitative estimate of drug-likeness (QED) is 0.124. The third kappa shape index (κ3) is 3.54. The molecule has 48 heavy (non-hydrogen) atoms. The highest BCUT2D eigenvalue weighted by Gasteiger charge is 2.17. The molecule has 8 heteroatoms. The van der Waals surface area contributed by atoms with E-state index < -0.39 is 0 Å². The van der Waals surface area contributed by atoms with Crippen LogP contribution in [-0.2, 0) is 0 Å². The fourth-order valence-electron chi connectivity index (χ4n) is 7.10. The summed E-state index contributed by atoms with van der Waals surface area (Å²) in [6.45, 7) is 0. The summed E-state index contributed by atoms with van der Waals surface area (Å²) in [4.78, 5) is 39.3. The molecule has 4 aromatic carbocycles. The van der Waals surface area contributed by atoms with Gasteiger partial charge in [0.05, 0.1) is 66.2 Å². The van der Waals surface area contributed by atoms with Gasteiger partial charge in [0.15, 0.2) is 0 Å². The molecule has 0 N–H and O–H groups in total. The number of hydrogen-bond acceptors (Lipinski definition) is 8. The predicted octanol–water partition coefficient (Wildman–Crippen LogP) is 8.73.